The van der Waals surface area contributed by atoms with Gasteiger partial charge >= 0.3 is 0 Å². The lowest BCUT2D eigenvalue weighted by molar-refractivity contribution is 0.415. The number of nitrogens with zero attached hydrogens (tertiary/aromatic N) is 1. The minimum Gasteiger partial charge on any atom is -0.496 e. The summed E-state index contributed by atoms with van der Waals surface area (Å²) >= 11 is 5.93. The smallest absolute Gasteiger partial charge is 0.292 e. The van der Waals surface area contributed by atoms with Crippen LogP contribution in [0.4, 0.5) is 6.01 Å². The van der Waals surface area contributed by atoms with Crippen molar-refractivity contribution in [2.24, 2.45) is 0 Å². The number of nitrogen functional groups attached to an aromatic ring is 1. The summed E-state index contributed by atoms with van der Waals surface area (Å²) in [4.78, 5) is 4.00. The van der Waals surface area contributed by atoms with Crippen LogP contribution in [-0.2, 0) is 0 Å². The average Bonchev–Trinajstić information content (AvgIpc) is 2.57. The second-order valence-electron chi connectivity index (χ2n) is 3.31. The zero-order chi connectivity index (χ0) is 11.7. The van der Waals surface area contributed by atoms with Gasteiger partial charge in [0, 0.05) is 5.02 Å². The van der Waals surface area contributed by atoms with Gasteiger partial charge in [0.1, 0.15) is 5.75 Å². The van der Waals surface area contributed by atoms with Gasteiger partial charge in [-0.05, 0) is 25.1 Å². The van der Waals surface area contributed by atoms with Crippen molar-refractivity contribution in [3.8, 4) is 17.1 Å². The van der Waals surface area contributed by atoms with E-state index in [1.807, 2.05) is 6.92 Å². The summed E-state index contributed by atoms with van der Waals surface area (Å²) in [5.74, 6) is 1.25. The van der Waals surface area contributed by atoms with Gasteiger partial charge in [0.2, 0.25) is 0 Å². The maximum Gasteiger partial charge on any atom is 0.292 e. The maximum atomic E-state index is 5.93. The highest BCUT2D eigenvalue weighted by Crippen LogP contribution is 2.35. The largest absolute Gasteiger partial charge is 0.496 e. The van der Waals surface area contributed by atoms with E-state index >= 15 is 0 Å². The summed E-state index contributed by atoms with van der Waals surface area (Å²) < 4.78 is 10.6. The molecule has 1 heterocycles. The fraction of sp³-hybridized carbons (Fsp3) is 0.182. The molecule has 2 rings (SSSR count). The van der Waals surface area contributed by atoms with Crippen LogP contribution in [0.15, 0.2) is 22.6 Å². The van der Waals surface area contributed by atoms with E-state index in [-0.39, 0.29) is 6.01 Å². The highest BCUT2D eigenvalue weighted by Gasteiger charge is 2.15. The Labute approximate surface area is 98.0 Å². The van der Waals surface area contributed by atoms with Gasteiger partial charge in [-0.1, -0.05) is 11.6 Å². The number of rotatable bonds is 2. The standard InChI is InChI=1S/C11H11ClN2O2/c1-6-10(16-11(13)14-6)8-5-7(12)3-4-9(8)15-2/h3-5H,1-2H3,(H2,13,14). The molecule has 0 aliphatic rings. The number of nitrogens with two attached hydrogens (primary N) is 1. The molecule has 0 spiro atoms. The van der Waals surface area contributed by atoms with Crippen molar-refractivity contribution in [2.45, 2.75) is 6.92 Å². The Morgan fingerprint density at radius 1 is 1.44 bits per heavy atom. The molecule has 1 aromatic carbocycles. The van der Waals surface area contributed by atoms with Gasteiger partial charge in [-0.3, -0.25) is 0 Å². The monoisotopic (exact) mass is 238 g/mol. The summed E-state index contributed by atoms with van der Waals surface area (Å²) in [5.41, 5.74) is 6.95. The minimum atomic E-state index is 0.134. The van der Waals surface area contributed by atoms with Crippen LogP contribution < -0.4 is 10.5 Å². The molecule has 0 atom stereocenters. The molecule has 84 valence electrons. The molecule has 0 unspecified atom stereocenters. The van der Waals surface area contributed by atoms with E-state index in [1.54, 1.807) is 25.3 Å². The summed E-state index contributed by atoms with van der Waals surface area (Å²) in [6.45, 7) is 1.82. The van der Waals surface area contributed by atoms with Crippen molar-refractivity contribution in [1.82, 2.24) is 4.98 Å². The quantitative estimate of drug-likeness (QED) is 0.874. The Kier molecular flexibility index (Phi) is 2.75. The number of benzene rings is 1. The summed E-state index contributed by atoms with van der Waals surface area (Å²) in [6, 6.07) is 5.41. The molecule has 0 saturated carbocycles. The molecule has 0 aliphatic carbocycles. The van der Waals surface area contributed by atoms with Crippen LogP contribution in [0.3, 0.4) is 0 Å². The zero-order valence-corrected chi connectivity index (χ0v) is 9.71. The first kappa shape index (κ1) is 10.8. The molecular weight excluding hydrogens is 228 g/mol. The third-order valence-electron chi connectivity index (χ3n) is 2.22. The van der Waals surface area contributed by atoms with Crippen molar-refractivity contribution in [3.63, 3.8) is 0 Å². The van der Waals surface area contributed by atoms with Gasteiger partial charge in [0.25, 0.3) is 6.01 Å². The van der Waals surface area contributed by atoms with Crippen LogP contribution in [0.25, 0.3) is 11.3 Å². The van der Waals surface area contributed by atoms with E-state index in [4.69, 9.17) is 26.5 Å². The fourth-order valence-corrected chi connectivity index (χ4v) is 1.70. The van der Waals surface area contributed by atoms with Crippen molar-refractivity contribution >= 4 is 17.6 Å². The molecular formula is C11H11ClN2O2. The molecule has 0 saturated heterocycles. The molecule has 2 aromatic rings. The van der Waals surface area contributed by atoms with Gasteiger partial charge < -0.3 is 14.9 Å². The summed E-state index contributed by atoms with van der Waals surface area (Å²) in [6.07, 6.45) is 0. The van der Waals surface area contributed by atoms with E-state index in [0.29, 0.717) is 22.2 Å². The van der Waals surface area contributed by atoms with Crippen LogP contribution >= 0.6 is 11.6 Å². The SMILES string of the molecule is COc1ccc(Cl)cc1-c1oc(N)nc1C. The summed E-state index contributed by atoms with van der Waals surface area (Å²) in [5, 5.41) is 0.602. The fourth-order valence-electron chi connectivity index (χ4n) is 1.52. The van der Waals surface area contributed by atoms with Crippen LogP contribution in [0.2, 0.25) is 5.02 Å². The molecule has 5 heteroatoms. The van der Waals surface area contributed by atoms with E-state index in [0.717, 1.165) is 5.56 Å². The lowest BCUT2D eigenvalue weighted by Gasteiger charge is -2.06. The number of aryl methyl sites for hydroxylation is 1. The van der Waals surface area contributed by atoms with E-state index in [2.05, 4.69) is 4.98 Å². The first-order valence-corrected chi connectivity index (χ1v) is 5.06. The Bertz CT molecular complexity index is 523. The molecule has 1 aromatic heterocycles. The second-order valence-corrected chi connectivity index (χ2v) is 3.75. The lowest BCUT2D eigenvalue weighted by atomic mass is 10.1. The van der Waals surface area contributed by atoms with Crippen LogP contribution in [0.5, 0.6) is 5.75 Å². The van der Waals surface area contributed by atoms with Crippen LogP contribution in [0.1, 0.15) is 5.69 Å². The highest BCUT2D eigenvalue weighted by molar-refractivity contribution is 6.30. The predicted molar refractivity (Wildman–Crippen MR) is 62.7 cm³/mol. The van der Waals surface area contributed by atoms with Gasteiger partial charge in [0.15, 0.2) is 5.76 Å². The second kappa shape index (κ2) is 4.06. The average molecular weight is 239 g/mol. The van der Waals surface area contributed by atoms with Gasteiger partial charge in [-0.15, -0.1) is 0 Å². The number of anilines is 1. The van der Waals surface area contributed by atoms with Crippen molar-refractivity contribution in [1.29, 1.82) is 0 Å². The molecule has 0 aliphatic heterocycles. The molecule has 2 N–H and O–H groups in total. The number of methoxy groups -OCH3 is 1. The predicted octanol–water partition coefficient (Wildman–Crippen LogP) is 2.89. The van der Waals surface area contributed by atoms with Gasteiger partial charge in [0.05, 0.1) is 18.4 Å². The lowest BCUT2D eigenvalue weighted by Crippen LogP contribution is -1.88. The minimum absolute atomic E-state index is 0.134. The van der Waals surface area contributed by atoms with Crippen LogP contribution in [-0.4, -0.2) is 12.1 Å². The molecule has 0 bridgehead atoms. The van der Waals surface area contributed by atoms with Gasteiger partial charge in [-0.25, -0.2) is 0 Å². The summed E-state index contributed by atoms with van der Waals surface area (Å²) in [7, 11) is 1.59. The van der Waals surface area contributed by atoms with Crippen molar-refractivity contribution in [3.05, 3.63) is 28.9 Å². The van der Waals surface area contributed by atoms with E-state index < -0.39 is 0 Å². The Morgan fingerprint density at radius 3 is 2.75 bits per heavy atom. The highest BCUT2D eigenvalue weighted by atomic mass is 35.5. The molecule has 0 amide bonds. The number of hydrogen-bond donors (Lipinski definition) is 1. The van der Waals surface area contributed by atoms with Gasteiger partial charge in [-0.2, -0.15) is 4.98 Å². The number of halogens is 1. The number of oxazole rings is 1. The van der Waals surface area contributed by atoms with Crippen molar-refractivity contribution in [2.75, 3.05) is 12.8 Å². The van der Waals surface area contributed by atoms with Crippen molar-refractivity contribution < 1.29 is 9.15 Å². The zero-order valence-electron chi connectivity index (χ0n) is 8.95. The molecule has 4 nitrogen and oxygen atoms in total. The third kappa shape index (κ3) is 1.84. The number of aromatic nitrogens is 1. The Morgan fingerprint density at radius 2 is 2.19 bits per heavy atom. The topological polar surface area (TPSA) is 61.3 Å². The number of ether oxygens (including phenoxy) is 1. The molecule has 16 heavy (non-hydrogen) atoms. The maximum absolute atomic E-state index is 5.93. The number of hydrogen-bond acceptors (Lipinski definition) is 4. The van der Waals surface area contributed by atoms with E-state index in [9.17, 15) is 0 Å². The Hall–Kier alpha value is -1.68. The van der Waals surface area contributed by atoms with Crippen LogP contribution in [0, 0.1) is 6.92 Å². The first-order chi connectivity index (χ1) is 7.61. The molecule has 0 fully saturated rings. The molecule has 0 radical (unpaired) electrons. The normalized spacial score (nSPS) is 10.4. The third-order valence-corrected chi connectivity index (χ3v) is 2.45. The Balaban J connectivity index is 2.62. The first-order valence-electron chi connectivity index (χ1n) is 4.68. The van der Waals surface area contributed by atoms with E-state index in [1.165, 1.54) is 0 Å².